The molecule has 4 heterocycles. The Bertz CT molecular complexity index is 717. The van der Waals surface area contributed by atoms with Gasteiger partial charge in [-0.3, -0.25) is 0 Å². The van der Waals surface area contributed by atoms with E-state index in [1.54, 1.807) is 6.33 Å². The summed E-state index contributed by atoms with van der Waals surface area (Å²) in [6, 6.07) is 2.36. The van der Waals surface area contributed by atoms with Crippen LogP contribution in [0.5, 0.6) is 0 Å². The van der Waals surface area contributed by atoms with E-state index >= 15 is 0 Å². The molecule has 4 rings (SSSR count). The fourth-order valence-corrected chi connectivity index (χ4v) is 4.12. The normalized spacial score (nSPS) is 28.5. The van der Waals surface area contributed by atoms with Crippen LogP contribution in [0.15, 0.2) is 18.6 Å². The number of rotatable bonds is 1. The summed E-state index contributed by atoms with van der Waals surface area (Å²) in [4.78, 5) is 16.3. The number of likely N-dealkylation sites (tertiary alicyclic amines) is 1. The molecule has 0 radical (unpaired) electrons. The van der Waals surface area contributed by atoms with E-state index in [1.807, 2.05) is 17.2 Å². The summed E-state index contributed by atoms with van der Waals surface area (Å²) in [6.07, 6.45) is 8.22. The van der Waals surface area contributed by atoms with Gasteiger partial charge in [-0.05, 0) is 31.7 Å². The summed E-state index contributed by atoms with van der Waals surface area (Å²) in [5.74, 6) is 2.29. The summed E-state index contributed by atoms with van der Waals surface area (Å²) < 4.78 is 0. The van der Waals surface area contributed by atoms with Gasteiger partial charge in [-0.2, -0.15) is 5.26 Å². The van der Waals surface area contributed by atoms with Gasteiger partial charge in [-0.15, -0.1) is 0 Å². The Morgan fingerprint density at radius 1 is 1.32 bits per heavy atom. The standard InChI is InChI=1S/C16H20N6/c1-11-14-8-21(6-3-12(14)4-7-22(11)9-17)16-13-2-5-18-15(13)19-10-20-16/h2,5,10-12,14H,3-4,6-8H2,1H3,(H,18,19,20). The lowest BCUT2D eigenvalue weighted by Gasteiger charge is -2.47. The van der Waals surface area contributed by atoms with Crippen molar-refractivity contribution in [2.75, 3.05) is 24.5 Å². The predicted molar refractivity (Wildman–Crippen MR) is 84.1 cm³/mol. The van der Waals surface area contributed by atoms with E-state index < -0.39 is 0 Å². The molecule has 2 aromatic heterocycles. The fraction of sp³-hybridized carbons (Fsp3) is 0.562. The van der Waals surface area contributed by atoms with Crippen molar-refractivity contribution in [1.29, 1.82) is 5.26 Å². The van der Waals surface area contributed by atoms with E-state index in [1.165, 1.54) is 6.42 Å². The lowest BCUT2D eigenvalue weighted by molar-refractivity contribution is 0.0885. The van der Waals surface area contributed by atoms with Crippen LogP contribution in [-0.2, 0) is 0 Å². The lowest BCUT2D eigenvalue weighted by Crippen LogP contribution is -2.53. The maximum Gasteiger partial charge on any atom is 0.179 e. The highest BCUT2D eigenvalue weighted by Crippen LogP contribution is 2.37. The van der Waals surface area contributed by atoms with Crippen LogP contribution in [-0.4, -0.2) is 45.5 Å². The number of piperidine rings is 2. The summed E-state index contributed by atoms with van der Waals surface area (Å²) in [7, 11) is 0. The number of H-pyrrole nitrogens is 1. The molecule has 0 saturated carbocycles. The molecule has 6 heteroatoms. The number of hydrogen-bond donors (Lipinski definition) is 1. The maximum atomic E-state index is 9.29. The molecule has 0 aromatic carbocycles. The fourth-order valence-electron chi connectivity index (χ4n) is 4.12. The molecular weight excluding hydrogens is 276 g/mol. The second kappa shape index (κ2) is 5.16. The highest BCUT2D eigenvalue weighted by Gasteiger charge is 2.39. The zero-order chi connectivity index (χ0) is 15.1. The van der Waals surface area contributed by atoms with Gasteiger partial charge < -0.3 is 14.8 Å². The molecule has 3 atom stereocenters. The third-order valence-corrected chi connectivity index (χ3v) is 5.42. The minimum absolute atomic E-state index is 0.315. The molecule has 2 aliphatic rings. The number of nitrogens with zero attached hydrogens (tertiary/aromatic N) is 5. The van der Waals surface area contributed by atoms with Gasteiger partial charge >= 0.3 is 0 Å². The Balaban J connectivity index is 1.63. The molecule has 0 spiro atoms. The van der Waals surface area contributed by atoms with E-state index in [2.05, 4.69) is 33.0 Å². The van der Waals surface area contributed by atoms with Crippen LogP contribution < -0.4 is 4.90 Å². The third kappa shape index (κ3) is 2.00. The predicted octanol–water partition coefficient (Wildman–Crippen LogP) is 1.98. The number of anilines is 1. The van der Waals surface area contributed by atoms with Crippen molar-refractivity contribution in [3.63, 3.8) is 0 Å². The average molecular weight is 296 g/mol. The second-order valence-corrected chi connectivity index (χ2v) is 6.42. The minimum atomic E-state index is 0.315. The Morgan fingerprint density at radius 2 is 2.18 bits per heavy atom. The van der Waals surface area contributed by atoms with Crippen LogP contribution in [0, 0.1) is 23.3 Å². The Hall–Kier alpha value is -2.29. The van der Waals surface area contributed by atoms with E-state index in [0.29, 0.717) is 12.0 Å². The van der Waals surface area contributed by atoms with Gasteiger partial charge in [0.15, 0.2) is 6.19 Å². The molecule has 3 unspecified atom stereocenters. The Kier molecular flexibility index (Phi) is 3.14. The van der Waals surface area contributed by atoms with Gasteiger partial charge in [0.2, 0.25) is 0 Å². The highest BCUT2D eigenvalue weighted by molar-refractivity contribution is 5.87. The van der Waals surface area contributed by atoms with Crippen LogP contribution in [0.3, 0.4) is 0 Å². The minimum Gasteiger partial charge on any atom is -0.356 e. The van der Waals surface area contributed by atoms with Gasteiger partial charge in [-0.1, -0.05) is 0 Å². The molecule has 2 aromatic rings. The first kappa shape index (κ1) is 13.4. The van der Waals surface area contributed by atoms with Crippen molar-refractivity contribution in [2.45, 2.75) is 25.8 Å². The SMILES string of the molecule is CC1C2CN(c3ncnc4[nH]ccc34)CCC2CCN1C#N. The lowest BCUT2D eigenvalue weighted by atomic mass is 9.76. The molecule has 0 bridgehead atoms. The molecule has 2 fully saturated rings. The monoisotopic (exact) mass is 296 g/mol. The second-order valence-electron chi connectivity index (χ2n) is 6.42. The molecule has 114 valence electrons. The van der Waals surface area contributed by atoms with Crippen molar-refractivity contribution >= 4 is 16.9 Å². The maximum absolute atomic E-state index is 9.29. The quantitative estimate of drug-likeness (QED) is 0.815. The number of aromatic nitrogens is 3. The van der Waals surface area contributed by atoms with Crippen LogP contribution in [0.4, 0.5) is 5.82 Å². The molecule has 6 nitrogen and oxygen atoms in total. The molecule has 1 N–H and O–H groups in total. The van der Waals surface area contributed by atoms with Gasteiger partial charge in [0.05, 0.1) is 5.39 Å². The van der Waals surface area contributed by atoms with Crippen LogP contribution >= 0.6 is 0 Å². The third-order valence-electron chi connectivity index (χ3n) is 5.42. The summed E-state index contributed by atoms with van der Waals surface area (Å²) in [6.45, 7) is 5.11. The van der Waals surface area contributed by atoms with E-state index in [9.17, 15) is 5.26 Å². The van der Waals surface area contributed by atoms with Crippen LogP contribution in [0.2, 0.25) is 0 Å². The summed E-state index contributed by atoms with van der Waals surface area (Å²) >= 11 is 0. The largest absolute Gasteiger partial charge is 0.356 e. The Morgan fingerprint density at radius 3 is 3.05 bits per heavy atom. The van der Waals surface area contributed by atoms with Crippen molar-refractivity contribution < 1.29 is 0 Å². The van der Waals surface area contributed by atoms with Crippen LogP contribution in [0.25, 0.3) is 11.0 Å². The molecule has 22 heavy (non-hydrogen) atoms. The average Bonchev–Trinajstić information content (AvgIpc) is 3.04. The van der Waals surface area contributed by atoms with Crippen LogP contribution in [0.1, 0.15) is 19.8 Å². The van der Waals surface area contributed by atoms with Gasteiger partial charge in [0.1, 0.15) is 17.8 Å². The molecule has 0 amide bonds. The van der Waals surface area contributed by atoms with E-state index in [0.717, 1.165) is 48.8 Å². The topological polar surface area (TPSA) is 71.8 Å². The first-order valence-corrected chi connectivity index (χ1v) is 7.97. The zero-order valence-corrected chi connectivity index (χ0v) is 12.7. The van der Waals surface area contributed by atoms with Gasteiger partial charge in [0.25, 0.3) is 0 Å². The highest BCUT2D eigenvalue weighted by atomic mass is 15.2. The first-order valence-electron chi connectivity index (χ1n) is 7.97. The van der Waals surface area contributed by atoms with Crippen molar-refractivity contribution in [2.24, 2.45) is 11.8 Å². The molecule has 2 saturated heterocycles. The van der Waals surface area contributed by atoms with Crippen molar-refractivity contribution in [3.8, 4) is 6.19 Å². The summed E-state index contributed by atoms with van der Waals surface area (Å²) in [5, 5.41) is 10.4. The Labute approximate surface area is 129 Å². The van der Waals surface area contributed by atoms with Gasteiger partial charge in [0, 0.05) is 37.8 Å². The van der Waals surface area contributed by atoms with Crippen molar-refractivity contribution in [3.05, 3.63) is 18.6 Å². The molecule has 0 aliphatic carbocycles. The summed E-state index contributed by atoms with van der Waals surface area (Å²) in [5.41, 5.74) is 0.891. The number of nitriles is 1. The number of fused-ring (bicyclic) bond motifs is 2. The van der Waals surface area contributed by atoms with Crippen molar-refractivity contribution in [1.82, 2.24) is 19.9 Å². The number of aromatic amines is 1. The number of hydrogen-bond acceptors (Lipinski definition) is 5. The van der Waals surface area contributed by atoms with E-state index in [4.69, 9.17) is 0 Å². The smallest absolute Gasteiger partial charge is 0.179 e. The number of nitrogens with one attached hydrogen (secondary N) is 1. The first-order chi connectivity index (χ1) is 10.8. The zero-order valence-electron chi connectivity index (χ0n) is 12.7. The molecule has 2 aliphatic heterocycles. The molecular formula is C16H20N6. The van der Waals surface area contributed by atoms with E-state index in [-0.39, 0.29) is 0 Å². The van der Waals surface area contributed by atoms with Gasteiger partial charge in [-0.25, -0.2) is 9.97 Å².